The molecule has 0 saturated carbocycles. The molecule has 1 aliphatic rings. The monoisotopic (exact) mass is 225 g/mol. The largest absolute Gasteiger partial charge is 0.399 e. The smallest absolute Gasteiger partial charge is 0.129 e. The fourth-order valence-electron chi connectivity index (χ4n) is 2.35. The fourth-order valence-corrected chi connectivity index (χ4v) is 2.35. The maximum absolute atomic E-state index is 5.84. The maximum atomic E-state index is 5.84. The average molecular weight is 225 g/mol. The van der Waals surface area contributed by atoms with Crippen molar-refractivity contribution >= 4 is 11.5 Å². The minimum Gasteiger partial charge on any atom is -0.399 e. The van der Waals surface area contributed by atoms with Gasteiger partial charge >= 0.3 is 0 Å². The van der Waals surface area contributed by atoms with Crippen molar-refractivity contribution in [3.63, 3.8) is 0 Å². The van der Waals surface area contributed by atoms with Gasteiger partial charge in [-0.15, -0.1) is 0 Å². The van der Waals surface area contributed by atoms with Gasteiger partial charge in [0.15, 0.2) is 0 Å². The van der Waals surface area contributed by atoms with Gasteiger partial charge < -0.3 is 11.1 Å². The second-order valence-electron chi connectivity index (χ2n) is 4.34. The normalized spacial score (nSPS) is 13.9. The Morgan fingerprint density at radius 2 is 2.18 bits per heavy atom. The summed E-state index contributed by atoms with van der Waals surface area (Å²) in [5.41, 5.74) is 10.4. The molecule has 1 aromatic carbocycles. The summed E-state index contributed by atoms with van der Waals surface area (Å²) in [5, 5.41) is 3.35. The van der Waals surface area contributed by atoms with E-state index in [9.17, 15) is 0 Å². The van der Waals surface area contributed by atoms with E-state index in [1.54, 1.807) is 0 Å². The van der Waals surface area contributed by atoms with Gasteiger partial charge in [0.1, 0.15) is 5.82 Å². The third-order valence-electron chi connectivity index (χ3n) is 3.15. The summed E-state index contributed by atoms with van der Waals surface area (Å²) >= 11 is 0. The first-order valence-corrected chi connectivity index (χ1v) is 5.92. The Kier molecular flexibility index (Phi) is 2.44. The van der Waals surface area contributed by atoms with Gasteiger partial charge in [-0.25, -0.2) is 4.98 Å². The molecule has 3 N–H and O–H groups in total. The van der Waals surface area contributed by atoms with E-state index < -0.39 is 0 Å². The summed E-state index contributed by atoms with van der Waals surface area (Å²) in [6, 6.07) is 10.1. The lowest BCUT2D eigenvalue weighted by atomic mass is 9.96. The molecule has 0 saturated heterocycles. The number of rotatable bonds is 1. The summed E-state index contributed by atoms with van der Waals surface area (Å²) < 4.78 is 0. The average Bonchev–Trinajstić information content (AvgIpc) is 2.38. The van der Waals surface area contributed by atoms with Gasteiger partial charge in [0.2, 0.25) is 0 Å². The van der Waals surface area contributed by atoms with Gasteiger partial charge in [0, 0.05) is 24.0 Å². The quantitative estimate of drug-likeness (QED) is 0.734. The Labute approximate surface area is 101 Å². The Morgan fingerprint density at radius 3 is 3.06 bits per heavy atom. The molecule has 1 aliphatic heterocycles. The van der Waals surface area contributed by atoms with Crippen molar-refractivity contribution in [2.24, 2.45) is 0 Å². The van der Waals surface area contributed by atoms with Crippen molar-refractivity contribution in [3.05, 3.63) is 42.1 Å². The van der Waals surface area contributed by atoms with E-state index in [1.807, 2.05) is 24.4 Å². The minimum atomic E-state index is 0.803. The molecule has 0 amide bonds. The first-order chi connectivity index (χ1) is 8.34. The van der Waals surface area contributed by atoms with Crippen LogP contribution < -0.4 is 11.1 Å². The van der Waals surface area contributed by atoms with Crippen LogP contribution in [0.2, 0.25) is 0 Å². The lowest BCUT2D eigenvalue weighted by Gasteiger charge is -2.20. The molecule has 0 fully saturated rings. The van der Waals surface area contributed by atoms with Crippen molar-refractivity contribution < 1.29 is 0 Å². The van der Waals surface area contributed by atoms with Gasteiger partial charge in [-0.05, 0) is 42.2 Å². The number of aromatic nitrogens is 1. The standard InChI is InChI=1S/C14H15N3/c15-11-4-1-3-10(9-11)12-6-8-17-14-13(12)5-2-7-16-14/h1,3-4,6,8-9H,2,5,7,15H2,(H,16,17). The van der Waals surface area contributed by atoms with Crippen molar-refractivity contribution in [2.45, 2.75) is 12.8 Å². The van der Waals surface area contributed by atoms with Gasteiger partial charge in [0.05, 0.1) is 0 Å². The van der Waals surface area contributed by atoms with Gasteiger partial charge in [0.25, 0.3) is 0 Å². The number of pyridine rings is 1. The zero-order valence-electron chi connectivity index (χ0n) is 9.61. The Balaban J connectivity index is 2.14. The fraction of sp³-hybridized carbons (Fsp3) is 0.214. The van der Waals surface area contributed by atoms with Crippen LogP contribution >= 0.6 is 0 Å². The summed E-state index contributed by atoms with van der Waals surface area (Å²) in [5.74, 6) is 1.02. The van der Waals surface area contributed by atoms with Crippen molar-refractivity contribution in [1.29, 1.82) is 0 Å². The van der Waals surface area contributed by atoms with E-state index >= 15 is 0 Å². The van der Waals surface area contributed by atoms with Gasteiger partial charge in [-0.3, -0.25) is 0 Å². The molecule has 0 atom stereocenters. The number of nitrogens with two attached hydrogens (primary N) is 1. The number of nitrogen functional groups attached to an aromatic ring is 1. The molecule has 3 nitrogen and oxygen atoms in total. The number of benzene rings is 1. The van der Waals surface area contributed by atoms with E-state index in [2.05, 4.69) is 22.4 Å². The Morgan fingerprint density at radius 1 is 1.24 bits per heavy atom. The molecule has 0 radical (unpaired) electrons. The lowest BCUT2D eigenvalue weighted by Crippen LogP contribution is -2.14. The molecule has 3 heteroatoms. The van der Waals surface area contributed by atoms with Crippen LogP contribution in [0.1, 0.15) is 12.0 Å². The second-order valence-corrected chi connectivity index (χ2v) is 4.34. The van der Waals surface area contributed by atoms with Crippen molar-refractivity contribution in [3.8, 4) is 11.1 Å². The molecule has 3 rings (SSSR count). The van der Waals surface area contributed by atoms with E-state index in [-0.39, 0.29) is 0 Å². The number of nitrogens with zero attached hydrogens (tertiary/aromatic N) is 1. The van der Waals surface area contributed by atoms with Crippen LogP contribution in [-0.4, -0.2) is 11.5 Å². The maximum Gasteiger partial charge on any atom is 0.129 e. The highest BCUT2D eigenvalue weighted by atomic mass is 15.0. The van der Waals surface area contributed by atoms with Crippen LogP contribution in [-0.2, 0) is 6.42 Å². The van der Waals surface area contributed by atoms with Gasteiger partial charge in [-0.2, -0.15) is 0 Å². The Hall–Kier alpha value is -2.03. The third-order valence-corrected chi connectivity index (χ3v) is 3.15. The molecular formula is C14H15N3. The molecule has 0 aliphatic carbocycles. The molecule has 0 bridgehead atoms. The van der Waals surface area contributed by atoms with Crippen LogP contribution in [0.15, 0.2) is 36.5 Å². The highest BCUT2D eigenvalue weighted by Gasteiger charge is 2.14. The van der Waals surface area contributed by atoms with Crippen LogP contribution in [0.4, 0.5) is 11.5 Å². The predicted octanol–water partition coefficient (Wildman–Crippen LogP) is 2.69. The SMILES string of the molecule is Nc1cccc(-c2ccnc3c2CCCN3)c1. The molecule has 0 unspecified atom stereocenters. The highest BCUT2D eigenvalue weighted by molar-refractivity contribution is 5.74. The van der Waals surface area contributed by atoms with Crippen LogP contribution in [0.5, 0.6) is 0 Å². The molecule has 86 valence electrons. The number of fused-ring (bicyclic) bond motifs is 1. The molecule has 2 heterocycles. The number of anilines is 2. The highest BCUT2D eigenvalue weighted by Crippen LogP contribution is 2.31. The first kappa shape index (κ1) is 10.1. The third kappa shape index (κ3) is 1.84. The Bertz CT molecular complexity index is 549. The zero-order valence-corrected chi connectivity index (χ0v) is 9.61. The van der Waals surface area contributed by atoms with Gasteiger partial charge in [-0.1, -0.05) is 12.1 Å². The predicted molar refractivity (Wildman–Crippen MR) is 70.9 cm³/mol. The number of nitrogens with one attached hydrogen (secondary N) is 1. The summed E-state index contributed by atoms with van der Waals surface area (Å²) in [7, 11) is 0. The lowest BCUT2D eigenvalue weighted by molar-refractivity contribution is 0.819. The molecule has 2 aromatic rings. The van der Waals surface area contributed by atoms with Crippen LogP contribution in [0.25, 0.3) is 11.1 Å². The summed E-state index contributed by atoms with van der Waals surface area (Å²) in [6.07, 6.45) is 4.10. The second kappa shape index (κ2) is 4.09. The summed E-state index contributed by atoms with van der Waals surface area (Å²) in [4.78, 5) is 4.39. The zero-order chi connectivity index (χ0) is 11.7. The van der Waals surface area contributed by atoms with Crippen LogP contribution in [0, 0.1) is 0 Å². The van der Waals surface area contributed by atoms with E-state index in [4.69, 9.17) is 5.73 Å². The molecular weight excluding hydrogens is 210 g/mol. The number of hydrogen-bond acceptors (Lipinski definition) is 3. The topological polar surface area (TPSA) is 50.9 Å². The van der Waals surface area contributed by atoms with E-state index in [1.165, 1.54) is 16.7 Å². The molecule has 0 spiro atoms. The van der Waals surface area contributed by atoms with Crippen molar-refractivity contribution in [2.75, 3.05) is 17.6 Å². The first-order valence-electron chi connectivity index (χ1n) is 5.92. The molecule has 17 heavy (non-hydrogen) atoms. The molecule has 1 aromatic heterocycles. The number of hydrogen-bond donors (Lipinski definition) is 2. The van der Waals surface area contributed by atoms with E-state index in [0.29, 0.717) is 0 Å². The van der Waals surface area contributed by atoms with E-state index in [0.717, 1.165) is 30.9 Å². The van der Waals surface area contributed by atoms with Crippen LogP contribution in [0.3, 0.4) is 0 Å². The summed E-state index contributed by atoms with van der Waals surface area (Å²) in [6.45, 7) is 1.01. The van der Waals surface area contributed by atoms with Crippen molar-refractivity contribution in [1.82, 2.24) is 4.98 Å². The minimum absolute atomic E-state index is 0.803.